The molecule has 0 aliphatic heterocycles. The standard InChI is InChI=1S/C13H11Cl2N3O/c14-10-4-2-8(6-11(10)15)18-13(19)9-3-1-7(16)5-12(9)17/h1-6H,16-17H2,(H,18,19). The molecule has 2 rings (SSSR count). The van der Waals surface area contributed by atoms with Crippen molar-refractivity contribution in [2.45, 2.75) is 0 Å². The normalized spacial score (nSPS) is 10.2. The Morgan fingerprint density at radius 2 is 1.74 bits per heavy atom. The third-order valence-electron chi connectivity index (χ3n) is 2.50. The smallest absolute Gasteiger partial charge is 0.257 e. The summed E-state index contributed by atoms with van der Waals surface area (Å²) < 4.78 is 0. The molecule has 0 atom stereocenters. The topological polar surface area (TPSA) is 81.1 Å². The summed E-state index contributed by atoms with van der Waals surface area (Å²) in [6.07, 6.45) is 0. The first-order valence-corrected chi connectivity index (χ1v) is 6.14. The maximum Gasteiger partial charge on any atom is 0.257 e. The lowest BCUT2D eigenvalue weighted by atomic mass is 10.1. The maximum absolute atomic E-state index is 12.0. The lowest BCUT2D eigenvalue weighted by molar-refractivity contribution is 0.102. The molecule has 1 amide bonds. The average Bonchev–Trinajstić information content (AvgIpc) is 2.33. The molecule has 0 spiro atoms. The van der Waals surface area contributed by atoms with E-state index in [1.807, 2.05) is 0 Å². The van der Waals surface area contributed by atoms with Crippen molar-refractivity contribution in [3.05, 3.63) is 52.0 Å². The summed E-state index contributed by atoms with van der Waals surface area (Å²) in [5.41, 5.74) is 13.0. The van der Waals surface area contributed by atoms with E-state index in [2.05, 4.69) is 5.32 Å². The van der Waals surface area contributed by atoms with E-state index in [0.29, 0.717) is 32.7 Å². The van der Waals surface area contributed by atoms with Crippen molar-refractivity contribution in [1.29, 1.82) is 0 Å². The Labute approximate surface area is 120 Å². The summed E-state index contributed by atoms with van der Waals surface area (Å²) in [5.74, 6) is -0.337. The zero-order chi connectivity index (χ0) is 14.0. The van der Waals surface area contributed by atoms with Crippen LogP contribution in [0.1, 0.15) is 10.4 Å². The van der Waals surface area contributed by atoms with Gasteiger partial charge in [0.2, 0.25) is 0 Å². The molecule has 0 fully saturated rings. The fourth-order valence-corrected chi connectivity index (χ4v) is 1.86. The number of nitrogens with two attached hydrogens (primary N) is 2. The molecule has 98 valence electrons. The van der Waals surface area contributed by atoms with E-state index in [9.17, 15) is 4.79 Å². The first-order chi connectivity index (χ1) is 8.97. The monoisotopic (exact) mass is 295 g/mol. The van der Waals surface area contributed by atoms with Crippen LogP contribution in [0.25, 0.3) is 0 Å². The van der Waals surface area contributed by atoms with Crippen LogP contribution in [0.15, 0.2) is 36.4 Å². The van der Waals surface area contributed by atoms with E-state index in [-0.39, 0.29) is 5.91 Å². The second kappa shape index (κ2) is 5.38. The second-order valence-corrected chi connectivity index (χ2v) is 4.74. The first-order valence-electron chi connectivity index (χ1n) is 5.39. The van der Waals surface area contributed by atoms with Gasteiger partial charge in [-0.15, -0.1) is 0 Å². The highest BCUT2D eigenvalue weighted by atomic mass is 35.5. The van der Waals surface area contributed by atoms with Gasteiger partial charge in [-0.1, -0.05) is 23.2 Å². The predicted octanol–water partition coefficient (Wildman–Crippen LogP) is 3.41. The highest BCUT2D eigenvalue weighted by molar-refractivity contribution is 6.42. The van der Waals surface area contributed by atoms with Crippen LogP contribution in [0.2, 0.25) is 10.0 Å². The molecule has 19 heavy (non-hydrogen) atoms. The number of carbonyl (C=O) groups excluding carboxylic acids is 1. The molecule has 0 unspecified atom stereocenters. The average molecular weight is 296 g/mol. The Hall–Kier alpha value is -1.91. The molecule has 0 aliphatic rings. The quantitative estimate of drug-likeness (QED) is 0.743. The SMILES string of the molecule is Nc1ccc(C(=O)Nc2ccc(Cl)c(Cl)c2)c(N)c1. The summed E-state index contributed by atoms with van der Waals surface area (Å²) >= 11 is 11.7. The molecule has 0 radical (unpaired) electrons. The highest BCUT2D eigenvalue weighted by Gasteiger charge is 2.10. The van der Waals surface area contributed by atoms with Gasteiger partial charge < -0.3 is 16.8 Å². The zero-order valence-corrected chi connectivity index (χ0v) is 11.3. The highest BCUT2D eigenvalue weighted by Crippen LogP contribution is 2.25. The van der Waals surface area contributed by atoms with Gasteiger partial charge in [-0.05, 0) is 36.4 Å². The lowest BCUT2D eigenvalue weighted by Crippen LogP contribution is -2.14. The summed E-state index contributed by atoms with van der Waals surface area (Å²) in [6.45, 7) is 0. The Kier molecular flexibility index (Phi) is 3.83. The fourth-order valence-electron chi connectivity index (χ4n) is 1.56. The van der Waals surface area contributed by atoms with Crippen molar-refractivity contribution in [3.63, 3.8) is 0 Å². The Morgan fingerprint density at radius 3 is 2.37 bits per heavy atom. The number of hydrogen-bond donors (Lipinski definition) is 3. The first kappa shape index (κ1) is 13.5. The van der Waals surface area contributed by atoms with Crippen LogP contribution in [0.4, 0.5) is 17.1 Å². The van der Waals surface area contributed by atoms with Crippen molar-refractivity contribution < 1.29 is 4.79 Å². The van der Waals surface area contributed by atoms with Gasteiger partial charge in [0.25, 0.3) is 5.91 Å². The van der Waals surface area contributed by atoms with Gasteiger partial charge in [0, 0.05) is 17.1 Å². The van der Waals surface area contributed by atoms with E-state index in [0.717, 1.165) is 0 Å². The van der Waals surface area contributed by atoms with Crippen molar-refractivity contribution in [2.75, 3.05) is 16.8 Å². The number of amides is 1. The van der Waals surface area contributed by atoms with Crippen molar-refractivity contribution in [2.24, 2.45) is 0 Å². The third kappa shape index (κ3) is 3.10. The Morgan fingerprint density at radius 1 is 1.00 bits per heavy atom. The molecule has 0 bridgehead atoms. The second-order valence-electron chi connectivity index (χ2n) is 3.93. The predicted molar refractivity (Wildman–Crippen MR) is 79.7 cm³/mol. The van der Waals surface area contributed by atoms with Crippen LogP contribution in [0.3, 0.4) is 0 Å². The molecule has 2 aromatic rings. The molecule has 0 saturated heterocycles. The van der Waals surface area contributed by atoms with Crippen LogP contribution in [0, 0.1) is 0 Å². The minimum absolute atomic E-state index is 0.317. The van der Waals surface area contributed by atoms with E-state index in [4.69, 9.17) is 34.7 Å². The number of nitrogen functional groups attached to an aromatic ring is 2. The number of carbonyl (C=O) groups is 1. The van der Waals surface area contributed by atoms with E-state index in [1.165, 1.54) is 6.07 Å². The molecule has 0 heterocycles. The Balaban J connectivity index is 2.23. The van der Waals surface area contributed by atoms with Gasteiger partial charge in [-0.2, -0.15) is 0 Å². The number of rotatable bonds is 2. The number of halogens is 2. The van der Waals surface area contributed by atoms with Crippen LogP contribution >= 0.6 is 23.2 Å². The number of nitrogens with one attached hydrogen (secondary N) is 1. The van der Waals surface area contributed by atoms with Crippen LogP contribution in [-0.4, -0.2) is 5.91 Å². The van der Waals surface area contributed by atoms with E-state index >= 15 is 0 Å². The molecular weight excluding hydrogens is 285 g/mol. The van der Waals surface area contributed by atoms with E-state index < -0.39 is 0 Å². The minimum Gasteiger partial charge on any atom is -0.399 e. The molecule has 5 N–H and O–H groups in total. The van der Waals surface area contributed by atoms with Gasteiger partial charge in [-0.25, -0.2) is 0 Å². The Bertz CT molecular complexity index is 644. The molecule has 4 nitrogen and oxygen atoms in total. The summed E-state index contributed by atoms with van der Waals surface area (Å²) in [4.78, 5) is 12.0. The lowest BCUT2D eigenvalue weighted by Gasteiger charge is -2.08. The summed E-state index contributed by atoms with van der Waals surface area (Å²) in [7, 11) is 0. The fraction of sp³-hybridized carbons (Fsp3) is 0. The molecule has 0 aliphatic carbocycles. The maximum atomic E-state index is 12.0. The van der Waals surface area contributed by atoms with Crippen molar-refractivity contribution >= 4 is 46.2 Å². The summed E-state index contributed by atoms with van der Waals surface area (Å²) in [5, 5.41) is 3.47. The largest absolute Gasteiger partial charge is 0.399 e. The van der Waals surface area contributed by atoms with Crippen molar-refractivity contribution in [3.8, 4) is 0 Å². The molecular formula is C13H11Cl2N3O. The minimum atomic E-state index is -0.337. The van der Waals surface area contributed by atoms with Gasteiger partial charge >= 0.3 is 0 Å². The van der Waals surface area contributed by atoms with Gasteiger partial charge in [0.1, 0.15) is 0 Å². The van der Waals surface area contributed by atoms with Gasteiger partial charge in [-0.3, -0.25) is 4.79 Å². The van der Waals surface area contributed by atoms with Crippen LogP contribution in [-0.2, 0) is 0 Å². The van der Waals surface area contributed by atoms with Gasteiger partial charge in [0.15, 0.2) is 0 Å². The van der Waals surface area contributed by atoms with Crippen molar-refractivity contribution in [1.82, 2.24) is 0 Å². The zero-order valence-electron chi connectivity index (χ0n) is 9.78. The van der Waals surface area contributed by atoms with Gasteiger partial charge in [0.05, 0.1) is 15.6 Å². The number of benzene rings is 2. The van der Waals surface area contributed by atoms with Crippen LogP contribution in [0.5, 0.6) is 0 Å². The molecule has 0 saturated carbocycles. The molecule has 0 aromatic heterocycles. The number of anilines is 3. The summed E-state index contributed by atoms with van der Waals surface area (Å²) in [6, 6.07) is 9.53. The van der Waals surface area contributed by atoms with Crippen LogP contribution < -0.4 is 16.8 Å². The molecule has 2 aromatic carbocycles. The third-order valence-corrected chi connectivity index (χ3v) is 3.24. The van der Waals surface area contributed by atoms with E-state index in [1.54, 1.807) is 30.3 Å². The number of hydrogen-bond acceptors (Lipinski definition) is 3. The molecule has 6 heteroatoms.